The molecule has 2 aliphatic rings. The lowest BCUT2D eigenvalue weighted by Gasteiger charge is -2.38. The Kier molecular flexibility index (Phi) is 4.41. The van der Waals surface area contributed by atoms with E-state index in [9.17, 15) is 0 Å². The summed E-state index contributed by atoms with van der Waals surface area (Å²) < 4.78 is 0. The van der Waals surface area contributed by atoms with Crippen LogP contribution in [-0.4, -0.2) is 0 Å². The highest BCUT2D eigenvalue weighted by Crippen LogP contribution is 2.62. The monoisotopic (exact) mass is 501 g/mol. The number of rotatable bonds is 3. The predicted molar refractivity (Wildman–Crippen MR) is 166 cm³/mol. The van der Waals surface area contributed by atoms with Crippen LogP contribution in [-0.2, 0) is 10.8 Å². The average molecular weight is 502 g/mol. The molecule has 0 heterocycles. The van der Waals surface area contributed by atoms with Crippen molar-refractivity contribution in [1.29, 1.82) is 0 Å². The molecule has 6 aromatic rings. The van der Waals surface area contributed by atoms with Crippen molar-refractivity contribution < 1.29 is 0 Å². The van der Waals surface area contributed by atoms with Gasteiger partial charge in [0.1, 0.15) is 0 Å². The Labute approximate surface area is 230 Å². The number of benzene rings is 6. The van der Waals surface area contributed by atoms with Crippen molar-refractivity contribution >= 4 is 38.6 Å². The second kappa shape index (κ2) is 7.61. The highest BCUT2D eigenvalue weighted by atomic mass is 15.1. The summed E-state index contributed by atoms with van der Waals surface area (Å²) in [5, 5.41) is 5.38. The summed E-state index contributed by atoms with van der Waals surface area (Å²) in [7, 11) is 0. The number of fused-ring (bicyclic) bond motifs is 2. The first kappa shape index (κ1) is 22.6. The SMILES string of the molecule is CC1(C)c2cccc3c2-c2c1ccc1c(N(c4ccccc4)c4ccccc4)c4ccccc4c(c21)C3(C)C. The van der Waals surface area contributed by atoms with E-state index in [-0.39, 0.29) is 10.8 Å². The molecule has 0 spiro atoms. The molecule has 1 heteroatoms. The van der Waals surface area contributed by atoms with Gasteiger partial charge in [0.05, 0.1) is 5.69 Å². The second-order valence-electron chi connectivity index (χ2n) is 12.2. The molecule has 0 fully saturated rings. The van der Waals surface area contributed by atoms with Crippen LogP contribution in [0.5, 0.6) is 0 Å². The van der Waals surface area contributed by atoms with Crippen molar-refractivity contribution in [3.05, 3.63) is 138 Å². The van der Waals surface area contributed by atoms with Gasteiger partial charge in [-0.05, 0) is 68.4 Å². The van der Waals surface area contributed by atoms with Crippen molar-refractivity contribution in [2.75, 3.05) is 4.90 Å². The van der Waals surface area contributed by atoms with Crippen LogP contribution in [0.15, 0.2) is 115 Å². The largest absolute Gasteiger partial charge is 0.309 e. The molecule has 39 heavy (non-hydrogen) atoms. The Balaban J connectivity index is 1.63. The Bertz CT molecular complexity index is 1910. The van der Waals surface area contributed by atoms with Crippen LogP contribution in [0.1, 0.15) is 49.9 Å². The molecule has 188 valence electrons. The van der Waals surface area contributed by atoms with Crippen LogP contribution in [0.4, 0.5) is 17.1 Å². The summed E-state index contributed by atoms with van der Waals surface area (Å²) in [5.41, 5.74) is 12.2. The topological polar surface area (TPSA) is 3.24 Å². The number of nitrogens with zero attached hydrogens (tertiary/aromatic N) is 1. The molecule has 8 rings (SSSR count). The van der Waals surface area contributed by atoms with Gasteiger partial charge in [-0.15, -0.1) is 0 Å². The molecule has 0 saturated heterocycles. The van der Waals surface area contributed by atoms with Gasteiger partial charge in [0.15, 0.2) is 0 Å². The quantitative estimate of drug-likeness (QED) is 0.218. The van der Waals surface area contributed by atoms with Gasteiger partial charge in [-0.3, -0.25) is 0 Å². The van der Waals surface area contributed by atoms with Crippen LogP contribution >= 0.6 is 0 Å². The summed E-state index contributed by atoms with van der Waals surface area (Å²) >= 11 is 0. The lowest BCUT2D eigenvalue weighted by Crippen LogP contribution is -2.25. The van der Waals surface area contributed by atoms with Crippen molar-refractivity contribution in [1.82, 2.24) is 0 Å². The van der Waals surface area contributed by atoms with Gasteiger partial charge < -0.3 is 4.90 Å². The minimum Gasteiger partial charge on any atom is -0.309 e. The molecule has 0 amide bonds. The fraction of sp³-hybridized carbons (Fsp3) is 0.158. The maximum atomic E-state index is 2.46. The van der Waals surface area contributed by atoms with Crippen molar-refractivity contribution in [3.63, 3.8) is 0 Å². The van der Waals surface area contributed by atoms with Crippen molar-refractivity contribution in [3.8, 4) is 11.1 Å². The summed E-state index contributed by atoms with van der Waals surface area (Å²) in [5.74, 6) is 0. The maximum absolute atomic E-state index is 2.46. The molecule has 0 saturated carbocycles. The number of hydrogen-bond donors (Lipinski definition) is 0. The van der Waals surface area contributed by atoms with Crippen LogP contribution in [0.3, 0.4) is 0 Å². The maximum Gasteiger partial charge on any atom is 0.0618 e. The van der Waals surface area contributed by atoms with Gasteiger partial charge >= 0.3 is 0 Å². The van der Waals surface area contributed by atoms with Gasteiger partial charge in [-0.1, -0.05) is 119 Å². The molecule has 0 atom stereocenters. The minimum atomic E-state index is -0.127. The zero-order valence-corrected chi connectivity index (χ0v) is 22.9. The Morgan fingerprint density at radius 1 is 0.436 bits per heavy atom. The smallest absolute Gasteiger partial charge is 0.0618 e. The predicted octanol–water partition coefficient (Wildman–Crippen LogP) is 10.4. The molecule has 0 radical (unpaired) electrons. The summed E-state index contributed by atoms with van der Waals surface area (Å²) in [6, 6.07) is 42.5. The third kappa shape index (κ3) is 2.80. The van der Waals surface area contributed by atoms with Crippen LogP contribution in [0, 0.1) is 0 Å². The van der Waals surface area contributed by atoms with E-state index in [0.29, 0.717) is 0 Å². The fourth-order valence-electron chi connectivity index (χ4n) is 7.62. The van der Waals surface area contributed by atoms with Crippen LogP contribution in [0.2, 0.25) is 0 Å². The standard InChI is InChI=1S/C38H31N/c1-37(2)29-20-13-21-30-33(29)34-31(37)23-22-28-32(34)35(38(30,3)4)26-18-11-12-19-27(26)36(28)39(24-14-7-5-8-15-24)25-16-9-6-10-17-25/h5-23H,1-4H3. The fourth-order valence-corrected chi connectivity index (χ4v) is 7.62. The Morgan fingerprint density at radius 3 is 1.62 bits per heavy atom. The third-order valence-electron chi connectivity index (χ3n) is 9.37. The van der Waals surface area contributed by atoms with E-state index < -0.39 is 0 Å². The molecule has 2 aliphatic carbocycles. The summed E-state index contributed by atoms with van der Waals surface area (Å²) in [6.07, 6.45) is 0. The number of anilines is 3. The van der Waals surface area contributed by atoms with E-state index in [1.54, 1.807) is 0 Å². The highest BCUT2D eigenvalue weighted by Gasteiger charge is 2.45. The lowest BCUT2D eigenvalue weighted by molar-refractivity contribution is 0.643. The number of hydrogen-bond acceptors (Lipinski definition) is 1. The molecular formula is C38H31N. The molecular weight excluding hydrogens is 470 g/mol. The van der Waals surface area contributed by atoms with Crippen LogP contribution < -0.4 is 4.90 Å². The molecule has 0 unspecified atom stereocenters. The second-order valence-corrected chi connectivity index (χ2v) is 12.2. The van der Waals surface area contributed by atoms with E-state index >= 15 is 0 Å². The molecule has 6 aromatic carbocycles. The number of para-hydroxylation sites is 2. The van der Waals surface area contributed by atoms with E-state index in [4.69, 9.17) is 0 Å². The average Bonchev–Trinajstić information content (AvgIpc) is 3.20. The third-order valence-corrected chi connectivity index (χ3v) is 9.37. The first-order chi connectivity index (χ1) is 18.9. The molecule has 0 aliphatic heterocycles. The van der Waals surface area contributed by atoms with Gasteiger partial charge in [-0.25, -0.2) is 0 Å². The van der Waals surface area contributed by atoms with Crippen molar-refractivity contribution in [2.24, 2.45) is 0 Å². The normalized spacial score (nSPS) is 15.6. The first-order valence-corrected chi connectivity index (χ1v) is 14.0. The first-order valence-electron chi connectivity index (χ1n) is 14.0. The van der Waals surface area contributed by atoms with Crippen LogP contribution in [0.25, 0.3) is 32.7 Å². The van der Waals surface area contributed by atoms with E-state index in [1.807, 2.05) is 0 Å². The molecule has 0 aromatic heterocycles. The highest BCUT2D eigenvalue weighted by molar-refractivity contribution is 6.22. The zero-order chi connectivity index (χ0) is 26.5. The summed E-state index contributed by atoms with van der Waals surface area (Å²) in [4.78, 5) is 2.46. The molecule has 0 N–H and O–H groups in total. The molecule has 1 nitrogen and oxygen atoms in total. The van der Waals surface area contributed by atoms with Gasteiger partial charge in [0.25, 0.3) is 0 Å². The Hall–Kier alpha value is -4.36. The summed E-state index contributed by atoms with van der Waals surface area (Å²) in [6.45, 7) is 9.65. The zero-order valence-electron chi connectivity index (χ0n) is 22.9. The molecule has 0 bridgehead atoms. The van der Waals surface area contributed by atoms with Gasteiger partial charge in [0, 0.05) is 33.0 Å². The Morgan fingerprint density at radius 2 is 0.974 bits per heavy atom. The van der Waals surface area contributed by atoms with E-state index in [0.717, 1.165) is 0 Å². The minimum absolute atomic E-state index is 0.0308. The van der Waals surface area contributed by atoms with Crippen molar-refractivity contribution in [2.45, 2.75) is 38.5 Å². The van der Waals surface area contributed by atoms with Gasteiger partial charge in [0.2, 0.25) is 0 Å². The van der Waals surface area contributed by atoms with E-state index in [2.05, 4.69) is 148 Å². The van der Waals surface area contributed by atoms with Gasteiger partial charge in [-0.2, -0.15) is 0 Å². The van der Waals surface area contributed by atoms with E-state index in [1.165, 1.54) is 72.0 Å². The lowest BCUT2D eigenvalue weighted by atomic mass is 9.67.